The van der Waals surface area contributed by atoms with Crippen LogP contribution in [0.3, 0.4) is 0 Å². The highest BCUT2D eigenvalue weighted by molar-refractivity contribution is 7.92. The number of sulfonamides is 1. The Bertz CT molecular complexity index is 1140. The Morgan fingerprint density at radius 1 is 1.09 bits per heavy atom. The van der Waals surface area contributed by atoms with Crippen molar-refractivity contribution in [2.24, 2.45) is 0 Å². The van der Waals surface area contributed by atoms with Crippen molar-refractivity contribution < 1.29 is 22.7 Å². The standard InChI is InChI=1S/C23H29Cl2N3O5S/c1-15(2)26-23(30)16(3)27(13-17-10-11-18(24)12-19(17)25)22(29)14-28(34(5,31)32)20-8-6-7-9-21(20)33-4/h6-12,15-16H,13-14H2,1-5H3,(H,26,30)/t16-/m0/s1. The number of ether oxygens (including phenoxy) is 1. The van der Waals surface area contributed by atoms with Crippen molar-refractivity contribution >= 4 is 50.7 Å². The number of benzene rings is 2. The van der Waals surface area contributed by atoms with Crippen LogP contribution >= 0.6 is 23.2 Å². The summed E-state index contributed by atoms with van der Waals surface area (Å²) in [5.74, 6) is -0.677. The number of anilines is 1. The Morgan fingerprint density at radius 3 is 2.29 bits per heavy atom. The largest absolute Gasteiger partial charge is 0.495 e. The predicted molar refractivity (Wildman–Crippen MR) is 135 cm³/mol. The molecule has 2 aromatic rings. The fraction of sp³-hybridized carbons (Fsp3) is 0.391. The van der Waals surface area contributed by atoms with Crippen molar-refractivity contribution in [1.29, 1.82) is 0 Å². The van der Waals surface area contributed by atoms with Gasteiger partial charge in [0.1, 0.15) is 18.3 Å². The highest BCUT2D eigenvalue weighted by Crippen LogP contribution is 2.30. The summed E-state index contributed by atoms with van der Waals surface area (Å²) in [4.78, 5) is 27.6. The number of hydrogen-bond donors (Lipinski definition) is 1. The van der Waals surface area contributed by atoms with Gasteiger partial charge in [-0.05, 0) is 50.6 Å². The number of rotatable bonds is 10. The third-order valence-electron chi connectivity index (χ3n) is 4.99. The zero-order chi connectivity index (χ0) is 25.6. The van der Waals surface area contributed by atoms with Crippen molar-refractivity contribution in [3.8, 4) is 5.75 Å². The summed E-state index contributed by atoms with van der Waals surface area (Å²) in [7, 11) is -2.46. The van der Waals surface area contributed by atoms with Gasteiger partial charge >= 0.3 is 0 Å². The van der Waals surface area contributed by atoms with E-state index in [-0.39, 0.29) is 24.2 Å². The van der Waals surface area contributed by atoms with E-state index in [9.17, 15) is 18.0 Å². The SMILES string of the molecule is COc1ccccc1N(CC(=O)N(Cc1ccc(Cl)cc1Cl)[C@@H](C)C(=O)NC(C)C)S(C)(=O)=O. The van der Waals surface area contributed by atoms with Gasteiger partial charge in [-0.25, -0.2) is 8.42 Å². The Kier molecular flexibility index (Phi) is 9.61. The molecule has 0 aromatic heterocycles. The zero-order valence-corrected chi connectivity index (χ0v) is 22.0. The van der Waals surface area contributed by atoms with E-state index in [4.69, 9.17) is 27.9 Å². The summed E-state index contributed by atoms with van der Waals surface area (Å²) in [6, 6.07) is 10.3. The molecule has 11 heteroatoms. The third kappa shape index (κ3) is 7.25. The number of amides is 2. The second kappa shape index (κ2) is 11.8. The third-order valence-corrected chi connectivity index (χ3v) is 6.70. The van der Waals surface area contributed by atoms with E-state index in [2.05, 4.69) is 5.32 Å². The van der Waals surface area contributed by atoms with Crippen molar-refractivity contribution in [2.45, 2.75) is 39.4 Å². The molecule has 0 fully saturated rings. The molecule has 0 saturated heterocycles. The highest BCUT2D eigenvalue weighted by atomic mass is 35.5. The number of carbonyl (C=O) groups is 2. The van der Waals surface area contributed by atoms with Gasteiger partial charge in [-0.1, -0.05) is 41.4 Å². The van der Waals surface area contributed by atoms with Gasteiger partial charge in [-0.3, -0.25) is 13.9 Å². The molecule has 0 bridgehead atoms. The van der Waals surface area contributed by atoms with Gasteiger partial charge in [0.2, 0.25) is 21.8 Å². The predicted octanol–water partition coefficient (Wildman–Crippen LogP) is 3.71. The first-order valence-electron chi connectivity index (χ1n) is 10.5. The summed E-state index contributed by atoms with van der Waals surface area (Å²) in [5.41, 5.74) is 0.774. The lowest BCUT2D eigenvalue weighted by molar-refractivity contribution is -0.139. The van der Waals surface area contributed by atoms with Crippen molar-refractivity contribution in [3.05, 3.63) is 58.1 Å². The minimum absolute atomic E-state index is 0.0228. The molecular weight excluding hydrogens is 501 g/mol. The molecule has 0 spiro atoms. The lowest BCUT2D eigenvalue weighted by Gasteiger charge is -2.32. The van der Waals surface area contributed by atoms with E-state index in [1.165, 1.54) is 18.1 Å². The fourth-order valence-electron chi connectivity index (χ4n) is 3.25. The van der Waals surface area contributed by atoms with Gasteiger partial charge in [0.15, 0.2) is 0 Å². The van der Waals surface area contributed by atoms with Gasteiger partial charge in [0.05, 0.1) is 19.1 Å². The number of nitrogens with one attached hydrogen (secondary N) is 1. The molecule has 0 aliphatic heterocycles. The van der Waals surface area contributed by atoms with Crippen LogP contribution in [0.5, 0.6) is 5.75 Å². The van der Waals surface area contributed by atoms with Crippen molar-refractivity contribution in [1.82, 2.24) is 10.2 Å². The number of methoxy groups -OCH3 is 1. The maximum absolute atomic E-state index is 13.5. The number of hydrogen-bond acceptors (Lipinski definition) is 5. The summed E-state index contributed by atoms with van der Waals surface area (Å²) in [6.45, 7) is 4.63. The maximum Gasteiger partial charge on any atom is 0.244 e. The lowest BCUT2D eigenvalue weighted by Crippen LogP contribution is -2.52. The normalized spacial score (nSPS) is 12.2. The molecule has 0 unspecified atom stereocenters. The molecule has 0 heterocycles. The van der Waals surface area contributed by atoms with Gasteiger partial charge in [-0.2, -0.15) is 0 Å². The fourth-order valence-corrected chi connectivity index (χ4v) is 4.57. The number of para-hydroxylation sites is 2. The van der Waals surface area contributed by atoms with E-state index in [0.29, 0.717) is 21.4 Å². The van der Waals surface area contributed by atoms with Crippen LogP contribution < -0.4 is 14.4 Å². The Morgan fingerprint density at radius 2 is 1.74 bits per heavy atom. The van der Waals surface area contributed by atoms with Crippen LogP contribution in [-0.2, 0) is 26.2 Å². The molecule has 186 valence electrons. The second-order valence-corrected chi connectivity index (χ2v) is 10.8. The molecule has 2 amide bonds. The van der Waals surface area contributed by atoms with Crippen LogP contribution in [0, 0.1) is 0 Å². The Hall–Kier alpha value is -2.49. The molecule has 2 aromatic carbocycles. The first-order valence-corrected chi connectivity index (χ1v) is 13.1. The van der Waals surface area contributed by atoms with Gasteiger partial charge in [0.25, 0.3) is 0 Å². The van der Waals surface area contributed by atoms with Crippen LogP contribution in [0.15, 0.2) is 42.5 Å². The number of halogens is 2. The van der Waals surface area contributed by atoms with E-state index in [0.717, 1.165) is 10.6 Å². The number of carbonyl (C=O) groups excluding carboxylic acids is 2. The second-order valence-electron chi connectivity index (χ2n) is 8.04. The molecule has 0 aliphatic carbocycles. The van der Waals surface area contributed by atoms with Crippen LogP contribution in [0.2, 0.25) is 10.0 Å². The van der Waals surface area contributed by atoms with Gasteiger partial charge in [-0.15, -0.1) is 0 Å². The first-order chi connectivity index (χ1) is 15.8. The Balaban J connectivity index is 2.46. The van der Waals surface area contributed by atoms with Crippen LogP contribution in [0.25, 0.3) is 0 Å². The molecule has 1 atom stereocenters. The molecule has 2 rings (SSSR count). The van der Waals surface area contributed by atoms with Gasteiger partial charge < -0.3 is 15.0 Å². The van der Waals surface area contributed by atoms with Crippen molar-refractivity contribution in [2.75, 3.05) is 24.2 Å². The first kappa shape index (κ1) is 27.8. The molecule has 0 aliphatic rings. The molecular formula is C23H29Cl2N3O5S. The molecule has 0 radical (unpaired) electrons. The monoisotopic (exact) mass is 529 g/mol. The van der Waals surface area contributed by atoms with Gasteiger partial charge in [0, 0.05) is 22.6 Å². The minimum atomic E-state index is -3.87. The van der Waals surface area contributed by atoms with Crippen LogP contribution in [0.4, 0.5) is 5.69 Å². The molecule has 34 heavy (non-hydrogen) atoms. The van der Waals surface area contributed by atoms with E-state index in [1.54, 1.807) is 57.2 Å². The minimum Gasteiger partial charge on any atom is -0.495 e. The zero-order valence-electron chi connectivity index (χ0n) is 19.7. The van der Waals surface area contributed by atoms with E-state index < -0.39 is 28.5 Å². The molecule has 0 saturated carbocycles. The average molecular weight is 530 g/mol. The highest BCUT2D eigenvalue weighted by Gasteiger charge is 2.31. The quantitative estimate of drug-likeness (QED) is 0.506. The van der Waals surface area contributed by atoms with Crippen molar-refractivity contribution in [3.63, 3.8) is 0 Å². The summed E-state index contributed by atoms with van der Waals surface area (Å²) in [6.07, 6.45) is 1.00. The average Bonchev–Trinajstić information content (AvgIpc) is 2.75. The lowest BCUT2D eigenvalue weighted by atomic mass is 10.1. The topological polar surface area (TPSA) is 96.0 Å². The van der Waals surface area contributed by atoms with Crippen LogP contribution in [-0.4, -0.2) is 57.1 Å². The summed E-state index contributed by atoms with van der Waals surface area (Å²) in [5, 5.41) is 3.53. The Labute approximate surface area is 210 Å². The molecule has 8 nitrogen and oxygen atoms in total. The van der Waals surface area contributed by atoms with E-state index >= 15 is 0 Å². The molecule has 1 N–H and O–H groups in total. The summed E-state index contributed by atoms with van der Waals surface area (Å²) >= 11 is 12.3. The van der Waals surface area contributed by atoms with Crippen LogP contribution in [0.1, 0.15) is 26.3 Å². The van der Waals surface area contributed by atoms with E-state index in [1.807, 2.05) is 0 Å². The number of nitrogens with zero attached hydrogens (tertiary/aromatic N) is 2. The smallest absolute Gasteiger partial charge is 0.244 e. The summed E-state index contributed by atoms with van der Waals surface area (Å²) < 4.78 is 31.5. The maximum atomic E-state index is 13.5.